The van der Waals surface area contributed by atoms with Crippen LogP contribution in [-0.2, 0) is 0 Å². The Morgan fingerprint density at radius 1 is 1.04 bits per heavy atom. The van der Waals surface area contributed by atoms with Crippen molar-refractivity contribution in [2.45, 2.75) is 18.9 Å². The van der Waals surface area contributed by atoms with E-state index in [1.807, 2.05) is 30.3 Å². The Kier molecular flexibility index (Phi) is 4.07. The number of amides is 1. The van der Waals surface area contributed by atoms with Gasteiger partial charge in [-0.2, -0.15) is 0 Å². The summed E-state index contributed by atoms with van der Waals surface area (Å²) in [5, 5.41) is 3.07. The number of hydrogen-bond acceptors (Lipinski definition) is 2. The lowest BCUT2D eigenvalue weighted by molar-refractivity contribution is 0.0618. The minimum Gasteiger partial charge on any atom is -0.348 e. The van der Waals surface area contributed by atoms with Gasteiger partial charge in [0.25, 0.3) is 5.91 Å². The molecule has 2 aromatic rings. The highest BCUT2D eigenvalue weighted by molar-refractivity contribution is 5.96. The first-order valence-electron chi connectivity index (χ1n) is 8.59. The third kappa shape index (κ3) is 2.94. The second kappa shape index (κ2) is 6.36. The maximum Gasteiger partial charge on any atom is 0.254 e. The topological polar surface area (TPSA) is 32.3 Å². The summed E-state index contributed by atoms with van der Waals surface area (Å²) in [4.78, 5) is 15.0. The van der Waals surface area contributed by atoms with Crippen molar-refractivity contribution in [1.82, 2.24) is 10.2 Å². The van der Waals surface area contributed by atoms with Crippen molar-refractivity contribution in [2.24, 2.45) is 5.92 Å². The number of carbonyl (C=O) groups is 1. The maximum absolute atomic E-state index is 14.2. The van der Waals surface area contributed by atoms with E-state index in [-0.39, 0.29) is 17.5 Å². The predicted molar refractivity (Wildman–Crippen MR) is 92.3 cm³/mol. The Bertz CT molecular complexity index is 739. The fraction of sp³-hybridized carbons (Fsp3) is 0.350. The summed E-state index contributed by atoms with van der Waals surface area (Å²) in [6.07, 6.45) is 2.25. The smallest absolute Gasteiger partial charge is 0.254 e. The van der Waals surface area contributed by atoms with Gasteiger partial charge in [0.05, 0.1) is 5.56 Å². The molecular weight excluding hydrogens is 303 g/mol. The molecule has 3 nitrogen and oxygen atoms in total. The Labute approximate surface area is 141 Å². The van der Waals surface area contributed by atoms with E-state index in [1.54, 1.807) is 12.1 Å². The molecule has 1 amide bonds. The average molecular weight is 324 g/mol. The summed E-state index contributed by atoms with van der Waals surface area (Å²) < 4.78 is 14.2. The molecule has 3 heterocycles. The van der Waals surface area contributed by atoms with Gasteiger partial charge in [0.2, 0.25) is 0 Å². The summed E-state index contributed by atoms with van der Waals surface area (Å²) in [5.41, 5.74) is 1.97. The van der Waals surface area contributed by atoms with Crippen LogP contribution < -0.4 is 5.32 Å². The molecule has 0 aromatic heterocycles. The Balaban J connectivity index is 1.56. The molecule has 2 bridgehead atoms. The zero-order chi connectivity index (χ0) is 16.5. The number of benzene rings is 2. The Morgan fingerprint density at radius 2 is 1.79 bits per heavy atom. The quantitative estimate of drug-likeness (QED) is 0.939. The molecule has 0 unspecified atom stereocenters. The lowest BCUT2D eigenvalue weighted by atomic mass is 9.84. The molecule has 0 aliphatic carbocycles. The van der Waals surface area contributed by atoms with Gasteiger partial charge < -0.3 is 10.2 Å². The van der Waals surface area contributed by atoms with Crippen molar-refractivity contribution < 1.29 is 9.18 Å². The third-order valence-corrected chi connectivity index (χ3v) is 5.29. The second-order valence-electron chi connectivity index (χ2n) is 6.78. The van der Waals surface area contributed by atoms with Crippen LogP contribution in [0.1, 0.15) is 23.2 Å². The van der Waals surface area contributed by atoms with Crippen molar-refractivity contribution in [3.63, 3.8) is 0 Å². The highest BCUT2D eigenvalue weighted by Gasteiger charge is 2.35. The molecule has 3 fully saturated rings. The number of fused-ring (bicyclic) bond motifs is 3. The van der Waals surface area contributed by atoms with Crippen LogP contribution in [0, 0.1) is 11.7 Å². The molecule has 24 heavy (non-hydrogen) atoms. The minimum absolute atomic E-state index is 0.132. The molecule has 0 saturated carbocycles. The summed E-state index contributed by atoms with van der Waals surface area (Å²) >= 11 is 0. The standard InChI is InChI=1S/C20H21FN2O/c21-18-7-6-16(14-4-2-1-3-5-14)12-17(18)20(24)22-19-13-23-10-8-15(19)9-11-23/h1-7,12,15,19H,8-11,13H2,(H,22,24)/t19-/m0/s1. The maximum atomic E-state index is 14.2. The summed E-state index contributed by atoms with van der Waals surface area (Å²) in [6, 6.07) is 14.6. The predicted octanol–water partition coefficient (Wildman–Crippen LogP) is 3.32. The fourth-order valence-electron chi connectivity index (χ4n) is 3.88. The third-order valence-electron chi connectivity index (χ3n) is 5.29. The summed E-state index contributed by atoms with van der Waals surface area (Å²) in [6.45, 7) is 3.13. The number of halogens is 1. The Hall–Kier alpha value is -2.20. The Morgan fingerprint density at radius 3 is 2.46 bits per heavy atom. The number of hydrogen-bond donors (Lipinski definition) is 1. The largest absolute Gasteiger partial charge is 0.348 e. The van der Waals surface area contributed by atoms with Crippen LogP contribution in [0.2, 0.25) is 0 Å². The van der Waals surface area contributed by atoms with E-state index >= 15 is 0 Å². The molecule has 2 aromatic carbocycles. The molecule has 3 aliphatic rings. The molecule has 3 saturated heterocycles. The first-order chi connectivity index (χ1) is 11.7. The monoisotopic (exact) mass is 324 g/mol. The van der Waals surface area contributed by atoms with Crippen LogP contribution in [0.15, 0.2) is 48.5 Å². The first kappa shape index (κ1) is 15.3. The van der Waals surface area contributed by atoms with Crippen molar-refractivity contribution in [2.75, 3.05) is 19.6 Å². The van der Waals surface area contributed by atoms with Crippen LogP contribution in [0.4, 0.5) is 4.39 Å². The second-order valence-corrected chi connectivity index (χ2v) is 6.78. The zero-order valence-corrected chi connectivity index (χ0v) is 13.5. The SMILES string of the molecule is O=C(N[C@H]1CN2CCC1CC2)c1cc(-c2ccccc2)ccc1F. The van der Waals surface area contributed by atoms with Crippen molar-refractivity contribution >= 4 is 5.91 Å². The first-order valence-corrected chi connectivity index (χ1v) is 8.59. The van der Waals surface area contributed by atoms with Crippen LogP contribution in [0.3, 0.4) is 0 Å². The van der Waals surface area contributed by atoms with E-state index in [1.165, 1.54) is 6.07 Å². The highest BCUT2D eigenvalue weighted by Crippen LogP contribution is 2.28. The number of nitrogens with zero attached hydrogens (tertiary/aromatic N) is 1. The molecule has 4 heteroatoms. The minimum atomic E-state index is -0.464. The number of piperidine rings is 3. The summed E-state index contributed by atoms with van der Waals surface area (Å²) in [7, 11) is 0. The molecule has 5 rings (SSSR count). The molecule has 1 atom stereocenters. The molecule has 124 valence electrons. The van der Waals surface area contributed by atoms with E-state index in [0.29, 0.717) is 5.92 Å². The van der Waals surface area contributed by atoms with Gasteiger partial charge in [0.15, 0.2) is 0 Å². The number of carbonyl (C=O) groups excluding carboxylic acids is 1. The average Bonchev–Trinajstić information content (AvgIpc) is 2.64. The van der Waals surface area contributed by atoms with Gasteiger partial charge in [0.1, 0.15) is 5.82 Å². The van der Waals surface area contributed by atoms with Gasteiger partial charge in [-0.15, -0.1) is 0 Å². The van der Waals surface area contributed by atoms with Gasteiger partial charge >= 0.3 is 0 Å². The molecule has 0 radical (unpaired) electrons. The van der Waals surface area contributed by atoms with Crippen molar-refractivity contribution in [1.29, 1.82) is 0 Å². The van der Waals surface area contributed by atoms with E-state index < -0.39 is 5.82 Å². The highest BCUT2D eigenvalue weighted by atomic mass is 19.1. The van der Waals surface area contributed by atoms with Crippen LogP contribution in [-0.4, -0.2) is 36.5 Å². The van der Waals surface area contributed by atoms with E-state index in [0.717, 1.165) is 43.6 Å². The van der Waals surface area contributed by atoms with Gasteiger partial charge in [-0.3, -0.25) is 4.79 Å². The van der Waals surface area contributed by atoms with Gasteiger partial charge in [-0.05, 0) is 55.1 Å². The van der Waals surface area contributed by atoms with Gasteiger partial charge in [-0.25, -0.2) is 4.39 Å². The lowest BCUT2D eigenvalue weighted by Crippen LogP contribution is -2.57. The van der Waals surface area contributed by atoms with E-state index in [2.05, 4.69) is 10.2 Å². The fourth-order valence-corrected chi connectivity index (χ4v) is 3.88. The molecule has 1 N–H and O–H groups in total. The van der Waals surface area contributed by atoms with Gasteiger partial charge in [-0.1, -0.05) is 36.4 Å². The molecular formula is C20H21FN2O. The van der Waals surface area contributed by atoms with Crippen LogP contribution in [0.25, 0.3) is 11.1 Å². The normalized spacial score (nSPS) is 25.5. The zero-order valence-electron chi connectivity index (χ0n) is 13.5. The van der Waals surface area contributed by atoms with Gasteiger partial charge in [0, 0.05) is 12.6 Å². The van der Waals surface area contributed by atoms with Crippen LogP contribution in [0.5, 0.6) is 0 Å². The van der Waals surface area contributed by atoms with Crippen molar-refractivity contribution in [3.8, 4) is 11.1 Å². The van der Waals surface area contributed by atoms with E-state index in [9.17, 15) is 9.18 Å². The number of nitrogens with one attached hydrogen (secondary N) is 1. The molecule has 3 aliphatic heterocycles. The van der Waals surface area contributed by atoms with E-state index in [4.69, 9.17) is 0 Å². The molecule has 0 spiro atoms. The lowest BCUT2D eigenvalue weighted by Gasteiger charge is -2.44. The van der Waals surface area contributed by atoms with Crippen molar-refractivity contribution in [3.05, 3.63) is 59.9 Å². The number of rotatable bonds is 3. The van der Waals surface area contributed by atoms with Crippen LogP contribution >= 0.6 is 0 Å². The summed E-state index contributed by atoms with van der Waals surface area (Å²) in [5.74, 6) is -0.239.